The molecule has 0 bridgehead atoms. The Morgan fingerprint density at radius 2 is 1.65 bits per heavy atom. The van der Waals surface area contributed by atoms with Crippen LogP contribution in [-0.2, 0) is 0 Å². The molecule has 0 radical (unpaired) electrons. The van der Waals surface area contributed by atoms with Crippen molar-refractivity contribution in [2.45, 2.75) is 78.2 Å². The van der Waals surface area contributed by atoms with Crippen molar-refractivity contribution in [2.24, 2.45) is 11.8 Å². The second kappa shape index (κ2) is 10.6. The topological polar surface area (TPSA) is 15.3 Å². The lowest BCUT2D eigenvalue weighted by Gasteiger charge is -2.39. The first-order chi connectivity index (χ1) is 9.74. The predicted octanol–water partition coefficient (Wildman–Crippen LogP) is 4.30. The van der Waals surface area contributed by atoms with Gasteiger partial charge in [-0.15, -0.1) is 0 Å². The molecule has 120 valence electrons. The molecule has 1 saturated carbocycles. The van der Waals surface area contributed by atoms with Gasteiger partial charge in [0.05, 0.1) is 0 Å². The average molecular weight is 283 g/mol. The highest BCUT2D eigenvalue weighted by molar-refractivity contribution is 4.85. The van der Waals surface area contributed by atoms with Crippen LogP contribution >= 0.6 is 0 Å². The molecule has 2 nitrogen and oxygen atoms in total. The van der Waals surface area contributed by atoms with Crippen LogP contribution in [0.5, 0.6) is 0 Å². The largest absolute Gasteiger partial charge is 0.317 e. The van der Waals surface area contributed by atoms with Crippen LogP contribution in [0.15, 0.2) is 0 Å². The van der Waals surface area contributed by atoms with Gasteiger partial charge in [0, 0.05) is 12.6 Å². The number of hydrogen-bond donors (Lipinski definition) is 1. The number of rotatable bonds is 10. The first-order valence-electron chi connectivity index (χ1n) is 9.14. The van der Waals surface area contributed by atoms with Gasteiger partial charge in [0.15, 0.2) is 0 Å². The van der Waals surface area contributed by atoms with Gasteiger partial charge in [0.1, 0.15) is 0 Å². The zero-order valence-electron chi connectivity index (χ0n) is 14.5. The molecule has 0 aromatic heterocycles. The number of unbranched alkanes of at least 4 members (excludes halogenated alkanes) is 2. The monoisotopic (exact) mass is 282 g/mol. The van der Waals surface area contributed by atoms with Crippen LogP contribution in [0.3, 0.4) is 0 Å². The van der Waals surface area contributed by atoms with Crippen LogP contribution in [0.25, 0.3) is 0 Å². The standard InChI is InChI=1S/C18H38N2/c1-5-8-12-20(13-9-6-2)15-17-14-16(7-3)10-11-18(17)19-4/h16-19H,5-15H2,1-4H3. The summed E-state index contributed by atoms with van der Waals surface area (Å²) in [5, 5.41) is 3.59. The van der Waals surface area contributed by atoms with E-state index in [1.54, 1.807) is 0 Å². The van der Waals surface area contributed by atoms with E-state index < -0.39 is 0 Å². The molecule has 0 heterocycles. The van der Waals surface area contributed by atoms with Gasteiger partial charge in [-0.2, -0.15) is 0 Å². The Labute approximate surface area is 127 Å². The fourth-order valence-electron chi connectivity index (χ4n) is 3.70. The van der Waals surface area contributed by atoms with Crippen LogP contribution in [0.1, 0.15) is 72.1 Å². The third kappa shape index (κ3) is 6.13. The highest BCUT2D eigenvalue weighted by Gasteiger charge is 2.29. The van der Waals surface area contributed by atoms with Crippen molar-refractivity contribution < 1.29 is 0 Å². The summed E-state index contributed by atoms with van der Waals surface area (Å²) in [5.41, 5.74) is 0. The van der Waals surface area contributed by atoms with Crippen molar-refractivity contribution in [1.29, 1.82) is 0 Å². The van der Waals surface area contributed by atoms with Gasteiger partial charge in [-0.3, -0.25) is 0 Å². The highest BCUT2D eigenvalue weighted by atomic mass is 15.1. The Kier molecular flexibility index (Phi) is 9.54. The molecule has 1 rings (SSSR count). The fraction of sp³-hybridized carbons (Fsp3) is 1.00. The lowest BCUT2D eigenvalue weighted by molar-refractivity contribution is 0.139. The van der Waals surface area contributed by atoms with Crippen LogP contribution in [0.2, 0.25) is 0 Å². The number of nitrogens with one attached hydrogen (secondary N) is 1. The molecular weight excluding hydrogens is 244 g/mol. The van der Waals surface area contributed by atoms with Crippen molar-refractivity contribution in [2.75, 3.05) is 26.7 Å². The molecule has 2 heteroatoms. The second-order valence-electron chi connectivity index (χ2n) is 6.75. The van der Waals surface area contributed by atoms with E-state index in [4.69, 9.17) is 0 Å². The second-order valence-corrected chi connectivity index (χ2v) is 6.75. The average Bonchev–Trinajstić information content (AvgIpc) is 2.49. The third-order valence-electron chi connectivity index (χ3n) is 5.19. The third-order valence-corrected chi connectivity index (χ3v) is 5.19. The Morgan fingerprint density at radius 1 is 1.00 bits per heavy atom. The van der Waals surface area contributed by atoms with Gasteiger partial charge in [-0.1, -0.05) is 40.0 Å². The number of nitrogens with zero attached hydrogens (tertiary/aromatic N) is 1. The fourth-order valence-corrected chi connectivity index (χ4v) is 3.70. The van der Waals surface area contributed by atoms with E-state index in [1.165, 1.54) is 71.0 Å². The zero-order valence-corrected chi connectivity index (χ0v) is 14.5. The lowest BCUT2D eigenvalue weighted by atomic mass is 9.76. The summed E-state index contributed by atoms with van der Waals surface area (Å²) in [5.74, 6) is 1.84. The van der Waals surface area contributed by atoms with E-state index in [9.17, 15) is 0 Å². The smallest absolute Gasteiger partial charge is 0.0105 e. The van der Waals surface area contributed by atoms with Gasteiger partial charge in [-0.05, 0) is 64.1 Å². The molecule has 1 aliphatic carbocycles. The Morgan fingerprint density at radius 3 is 2.15 bits per heavy atom. The molecule has 0 aromatic carbocycles. The molecule has 1 fully saturated rings. The van der Waals surface area contributed by atoms with Gasteiger partial charge in [0.25, 0.3) is 0 Å². The van der Waals surface area contributed by atoms with Gasteiger partial charge >= 0.3 is 0 Å². The van der Waals surface area contributed by atoms with E-state index in [0.717, 1.165) is 17.9 Å². The maximum Gasteiger partial charge on any atom is 0.0105 e. The van der Waals surface area contributed by atoms with E-state index in [2.05, 4.69) is 38.0 Å². The zero-order chi connectivity index (χ0) is 14.8. The minimum atomic E-state index is 0.753. The van der Waals surface area contributed by atoms with Crippen molar-refractivity contribution in [1.82, 2.24) is 10.2 Å². The first kappa shape index (κ1) is 18.0. The van der Waals surface area contributed by atoms with E-state index in [0.29, 0.717) is 0 Å². The molecule has 20 heavy (non-hydrogen) atoms. The van der Waals surface area contributed by atoms with Crippen LogP contribution in [0.4, 0.5) is 0 Å². The van der Waals surface area contributed by atoms with Crippen molar-refractivity contribution in [3.05, 3.63) is 0 Å². The summed E-state index contributed by atoms with van der Waals surface area (Å²) in [6.07, 6.45) is 11.0. The van der Waals surface area contributed by atoms with Crippen LogP contribution in [0, 0.1) is 11.8 Å². The molecule has 1 aliphatic rings. The molecule has 0 saturated heterocycles. The Balaban J connectivity index is 2.52. The van der Waals surface area contributed by atoms with Gasteiger partial charge < -0.3 is 10.2 Å². The minimum absolute atomic E-state index is 0.753. The summed E-state index contributed by atoms with van der Waals surface area (Å²) in [6.45, 7) is 10.9. The van der Waals surface area contributed by atoms with E-state index >= 15 is 0 Å². The van der Waals surface area contributed by atoms with Crippen LogP contribution < -0.4 is 5.32 Å². The Hall–Kier alpha value is -0.0800. The molecule has 0 amide bonds. The summed E-state index contributed by atoms with van der Waals surface area (Å²) < 4.78 is 0. The lowest BCUT2D eigenvalue weighted by Crippen LogP contribution is -2.45. The normalized spacial score (nSPS) is 27.1. The molecule has 3 atom stereocenters. The Bertz CT molecular complexity index is 221. The van der Waals surface area contributed by atoms with Gasteiger partial charge in [-0.25, -0.2) is 0 Å². The van der Waals surface area contributed by atoms with Crippen molar-refractivity contribution in [3.8, 4) is 0 Å². The summed E-state index contributed by atoms with van der Waals surface area (Å²) in [6, 6.07) is 0.753. The summed E-state index contributed by atoms with van der Waals surface area (Å²) in [7, 11) is 2.16. The SMILES string of the molecule is CCCCN(CCCC)CC1CC(CC)CCC1NC. The van der Waals surface area contributed by atoms with E-state index in [-0.39, 0.29) is 0 Å². The maximum absolute atomic E-state index is 3.59. The highest BCUT2D eigenvalue weighted by Crippen LogP contribution is 2.32. The molecule has 1 N–H and O–H groups in total. The maximum atomic E-state index is 3.59. The van der Waals surface area contributed by atoms with Crippen molar-refractivity contribution in [3.63, 3.8) is 0 Å². The predicted molar refractivity (Wildman–Crippen MR) is 90.2 cm³/mol. The summed E-state index contributed by atoms with van der Waals surface area (Å²) in [4.78, 5) is 2.75. The summed E-state index contributed by atoms with van der Waals surface area (Å²) >= 11 is 0. The first-order valence-corrected chi connectivity index (χ1v) is 9.14. The molecule has 0 aromatic rings. The molecular formula is C18H38N2. The molecule has 0 spiro atoms. The van der Waals surface area contributed by atoms with E-state index in [1.807, 2.05) is 0 Å². The molecule has 0 aliphatic heterocycles. The quantitative estimate of drug-likeness (QED) is 0.642. The molecule has 3 unspecified atom stereocenters. The number of hydrogen-bond acceptors (Lipinski definition) is 2. The van der Waals surface area contributed by atoms with Gasteiger partial charge in [0.2, 0.25) is 0 Å². The van der Waals surface area contributed by atoms with Crippen molar-refractivity contribution >= 4 is 0 Å². The minimum Gasteiger partial charge on any atom is -0.317 e. The van der Waals surface area contributed by atoms with Crippen LogP contribution in [-0.4, -0.2) is 37.6 Å².